The van der Waals surface area contributed by atoms with Gasteiger partial charge in [-0.15, -0.1) is 0 Å². The number of aliphatic hydroxyl groups is 1. The summed E-state index contributed by atoms with van der Waals surface area (Å²) in [6.45, 7) is 2.81. The van der Waals surface area contributed by atoms with Crippen molar-refractivity contribution >= 4 is 5.69 Å². The Hall–Kier alpha value is -1.10. The van der Waals surface area contributed by atoms with Crippen LogP contribution in [0.25, 0.3) is 0 Å². The van der Waals surface area contributed by atoms with Crippen molar-refractivity contribution < 1.29 is 5.11 Å². The molecule has 1 atom stereocenters. The minimum absolute atomic E-state index is 0.0985. The topological polar surface area (TPSA) is 61.5 Å². The molecule has 88 valence electrons. The summed E-state index contributed by atoms with van der Waals surface area (Å²) in [6.07, 6.45) is 0. The van der Waals surface area contributed by atoms with Gasteiger partial charge in [0.2, 0.25) is 0 Å². The van der Waals surface area contributed by atoms with Crippen LogP contribution in [0.3, 0.4) is 0 Å². The molecule has 1 saturated heterocycles. The second-order valence-electron chi connectivity index (χ2n) is 4.53. The molecule has 1 aliphatic rings. The van der Waals surface area contributed by atoms with E-state index in [1.165, 1.54) is 0 Å². The van der Waals surface area contributed by atoms with Gasteiger partial charge in [-0.3, -0.25) is 0 Å². The summed E-state index contributed by atoms with van der Waals surface area (Å²) >= 11 is 0. The van der Waals surface area contributed by atoms with Crippen LogP contribution in [-0.4, -0.2) is 43.3 Å². The van der Waals surface area contributed by atoms with Crippen molar-refractivity contribution in [3.8, 4) is 0 Å². The number of benzene rings is 1. The number of hydrogen-bond acceptors (Lipinski definition) is 4. The van der Waals surface area contributed by atoms with E-state index in [4.69, 9.17) is 5.73 Å². The van der Waals surface area contributed by atoms with Crippen molar-refractivity contribution in [1.82, 2.24) is 10.2 Å². The zero-order valence-electron chi connectivity index (χ0n) is 9.61. The van der Waals surface area contributed by atoms with Crippen molar-refractivity contribution in [2.45, 2.75) is 5.54 Å². The molecule has 0 aliphatic carbocycles. The van der Waals surface area contributed by atoms with E-state index in [-0.39, 0.29) is 12.1 Å². The number of nitrogens with one attached hydrogen (secondary N) is 1. The molecule has 1 aromatic rings. The average Bonchev–Trinajstić information content (AvgIpc) is 2.29. The Morgan fingerprint density at radius 2 is 2.12 bits per heavy atom. The normalized spacial score (nSPS) is 26.9. The van der Waals surface area contributed by atoms with E-state index in [1.807, 2.05) is 24.3 Å². The third kappa shape index (κ3) is 2.04. The van der Waals surface area contributed by atoms with Gasteiger partial charge >= 0.3 is 0 Å². The van der Waals surface area contributed by atoms with Crippen LogP contribution in [-0.2, 0) is 5.54 Å². The standard InChI is InChI=1S/C12H19N3O/c1-15-7-6-14-12(8-15,9-16)10-2-4-11(13)5-3-10/h2-5,14,16H,6-9,13H2,1H3/t12-/m0/s1. The number of anilines is 1. The first-order valence-electron chi connectivity index (χ1n) is 5.57. The van der Waals surface area contributed by atoms with E-state index < -0.39 is 0 Å². The fraction of sp³-hybridized carbons (Fsp3) is 0.500. The van der Waals surface area contributed by atoms with E-state index in [1.54, 1.807) is 0 Å². The van der Waals surface area contributed by atoms with Gasteiger partial charge < -0.3 is 21.1 Å². The molecular weight excluding hydrogens is 202 g/mol. The summed E-state index contributed by atoms with van der Waals surface area (Å²) in [5.74, 6) is 0. The monoisotopic (exact) mass is 221 g/mol. The highest BCUT2D eigenvalue weighted by atomic mass is 16.3. The first kappa shape index (κ1) is 11.4. The smallest absolute Gasteiger partial charge is 0.0798 e. The first-order valence-corrected chi connectivity index (χ1v) is 5.57. The van der Waals surface area contributed by atoms with Crippen molar-refractivity contribution in [3.63, 3.8) is 0 Å². The molecule has 0 unspecified atom stereocenters. The minimum atomic E-state index is -0.347. The SMILES string of the molecule is CN1CCN[C@@](CO)(c2ccc(N)cc2)C1. The van der Waals surface area contributed by atoms with Crippen LogP contribution in [0.4, 0.5) is 5.69 Å². The van der Waals surface area contributed by atoms with Gasteiger partial charge in [-0.25, -0.2) is 0 Å². The summed E-state index contributed by atoms with van der Waals surface area (Å²) < 4.78 is 0. The van der Waals surface area contributed by atoms with Gasteiger partial charge in [-0.2, -0.15) is 0 Å². The lowest BCUT2D eigenvalue weighted by molar-refractivity contribution is 0.0878. The highest BCUT2D eigenvalue weighted by Crippen LogP contribution is 2.24. The molecule has 1 aliphatic heterocycles. The van der Waals surface area contributed by atoms with Gasteiger partial charge in [0.15, 0.2) is 0 Å². The quantitative estimate of drug-likeness (QED) is 0.615. The Bertz CT molecular complexity index is 352. The fourth-order valence-corrected chi connectivity index (χ4v) is 2.27. The molecule has 0 amide bonds. The predicted octanol–water partition coefficient (Wildman–Crippen LogP) is -0.00860. The second-order valence-corrected chi connectivity index (χ2v) is 4.53. The highest BCUT2D eigenvalue weighted by Gasteiger charge is 2.34. The van der Waals surface area contributed by atoms with E-state index in [0.717, 1.165) is 30.9 Å². The molecule has 0 saturated carbocycles. The van der Waals surface area contributed by atoms with Crippen molar-refractivity contribution in [2.75, 3.05) is 39.0 Å². The van der Waals surface area contributed by atoms with E-state index >= 15 is 0 Å². The maximum atomic E-state index is 9.66. The number of nitrogen functional groups attached to an aromatic ring is 1. The summed E-state index contributed by atoms with van der Waals surface area (Å²) in [5.41, 5.74) is 7.17. The summed E-state index contributed by atoms with van der Waals surface area (Å²) in [7, 11) is 2.07. The van der Waals surface area contributed by atoms with E-state index in [0.29, 0.717) is 0 Å². The fourth-order valence-electron chi connectivity index (χ4n) is 2.27. The number of rotatable bonds is 2. The zero-order valence-corrected chi connectivity index (χ0v) is 9.61. The molecule has 1 fully saturated rings. The molecule has 4 heteroatoms. The molecule has 4 N–H and O–H groups in total. The number of piperazine rings is 1. The number of aliphatic hydroxyl groups excluding tert-OH is 1. The molecule has 0 aromatic heterocycles. The summed E-state index contributed by atoms with van der Waals surface area (Å²) in [5, 5.41) is 13.1. The Balaban J connectivity index is 2.29. The van der Waals surface area contributed by atoms with Crippen LogP contribution in [0.1, 0.15) is 5.56 Å². The van der Waals surface area contributed by atoms with E-state index in [9.17, 15) is 5.11 Å². The lowest BCUT2D eigenvalue weighted by atomic mass is 9.88. The zero-order chi connectivity index (χ0) is 11.6. The highest BCUT2D eigenvalue weighted by molar-refractivity contribution is 5.41. The lowest BCUT2D eigenvalue weighted by Gasteiger charge is -2.41. The number of nitrogens with two attached hydrogens (primary N) is 1. The van der Waals surface area contributed by atoms with Gasteiger partial charge in [0.25, 0.3) is 0 Å². The molecule has 1 aromatic carbocycles. The van der Waals surface area contributed by atoms with Crippen molar-refractivity contribution in [2.24, 2.45) is 0 Å². The lowest BCUT2D eigenvalue weighted by Crippen LogP contribution is -2.59. The van der Waals surface area contributed by atoms with Gasteiger partial charge in [0.05, 0.1) is 12.1 Å². The molecular formula is C12H19N3O. The number of likely N-dealkylation sites (N-methyl/N-ethyl adjacent to an activating group) is 1. The largest absolute Gasteiger partial charge is 0.399 e. The maximum Gasteiger partial charge on any atom is 0.0798 e. The van der Waals surface area contributed by atoms with Gasteiger partial charge in [-0.05, 0) is 24.7 Å². The Kier molecular flexibility index (Phi) is 3.14. The Morgan fingerprint density at radius 3 is 2.69 bits per heavy atom. The molecule has 4 nitrogen and oxygen atoms in total. The third-order valence-electron chi connectivity index (χ3n) is 3.23. The van der Waals surface area contributed by atoms with Crippen LogP contribution >= 0.6 is 0 Å². The number of hydrogen-bond donors (Lipinski definition) is 3. The van der Waals surface area contributed by atoms with Crippen LogP contribution in [0.2, 0.25) is 0 Å². The van der Waals surface area contributed by atoms with Crippen LogP contribution in [0.5, 0.6) is 0 Å². The Morgan fingerprint density at radius 1 is 1.44 bits per heavy atom. The van der Waals surface area contributed by atoms with Gasteiger partial charge in [0.1, 0.15) is 0 Å². The first-order chi connectivity index (χ1) is 7.66. The van der Waals surface area contributed by atoms with Gasteiger partial charge in [0, 0.05) is 25.3 Å². The van der Waals surface area contributed by atoms with Crippen LogP contribution < -0.4 is 11.1 Å². The third-order valence-corrected chi connectivity index (χ3v) is 3.23. The molecule has 0 radical (unpaired) electrons. The average molecular weight is 221 g/mol. The van der Waals surface area contributed by atoms with Crippen LogP contribution in [0.15, 0.2) is 24.3 Å². The molecule has 0 spiro atoms. The second kappa shape index (κ2) is 4.41. The number of nitrogens with zero attached hydrogens (tertiary/aromatic N) is 1. The van der Waals surface area contributed by atoms with Crippen molar-refractivity contribution in [3.05, 3.63) is 29.8 Å². The van der Waals surface area contributed by atoms with Crippen LogP contribution in [0, 0.1) is 0 Å². The summed E-state index contributed by atoms with van der Waals surface area (Å²) in [4.78, 5) is 2.23. The predicted molar refractivity (Wildman–Crippen MR) is 65.1 cm³/mol. The molecule has 1 heterocycles. The molecule has 0 bridgehead atoms. The Labute approximate surface area is 96.1 Å². The molecule has 16 heavy (non-hydrogen) atoms. The van der Waals surface area contributed by atoms with Gasteiger partial charge in [-0.1, -0.05) is 12.1 Å². The maximum absolute atomic E-state index is 9.66. The minimum Gasteiger partial charge on any atom is -0.399 e. The van der Waals surface area contributed by atoms with Crippen molar-refractivity contribution in [1.29, 1.82) is 0 Å². The summed E-state index contributed by atoms with van der Waals surface area (Å²) in [6, 6.07) is 7.72. The molecule has 2 rings (SSSR count). The van der Waals surface area contributed by atoms with E-state index in [2.05, 4.69) is 17.3 Å².